The zero-order chi connectivity index (χ0) is 23.6. The first-order valence-electron chi connectivity index (χ1n) is 10.8. The molecule has 0 spiro atoms. The third-order valence-electron chi connectivity index (χ3n) is 5.77. The molecule has 1 N–H and O–H groups in total. The Morgan fingerprint density at radius 1 is 1.21 bits per heavy atom. The lowest BCUT2D eigenvalue weighted by Gasteiger charge is -2.30. The number of sulfonamides is 1. The van der Waals surface area contributed by atoms with E-state index in [0.29, 0.717) is 47.3 Å². The van der Waals surface area contributed by atoms with Crippen LogP contribution < -0.4 is 5.32 Å². The lowest BCUT2D eigenvalue weighted by molar-refractivity contribution is -0.120. The van der Waals surface area contributed by atoms with Crippen molar-refractivity contribution >= 4 is 33.2 Å². The number of rotatable bonds is 6. The highest BCUT2D eigenvalue weighted by Gasteiger charge is 2.32. The Labute approximate surface area is 198 Å². The average Bonchev–Trinajstić information content (AvgIpc) is 3.30. The van der Waals surface area contributed by atoms with Gasteiger partial charge in [-0.1, -0.05) is 35.8 Å². The van der Waals surface area contributed by atoms with Crippen molar-refractivity contribution in [3.8, 4) is 11.4 Å². The maximum absolute atomic E-state index is 13.2. The Morgan fingerprint density at radius 2 is 1.97 bits per heavy atom. The number of benzene rings is 2. The van der Waals surface area contributed by atoms with Crippen LogP contribution in [0.15, 0.2) is 51.9 Å². The van der Waals surface area contributed by atoms with Crippen LogP contribution in [0.5, 0.6) is 0 Å². The van der Waals surface area contributed by atoms with Crippen molar-refractivity contribution in [3.63, 3.8) is 0 Å². The summed E-state index contributed by atoms with van der Waals surface area (Å²) in [5.41, 5.74) is 2.17. The Balaban J connectivity index is 1.42. The van der Waals surface area contributed by atoms with Crippen LogP contribution in [-0.4, -0.2) is 41.9 Å². The van der Waals surface area contributed by atoms with Crippen LogP contribution in [0.25, 0.3) is 11.4 Å². The molecule has 10 heteroatoms. The monoisotopic (exact) mass is 488 g/mol. The van der Waals surface area contributed by atoms with Gasteiger partial charge in [-0.15, -0.1) is 0 Å². The van der Waals surface area contributed by atoms with E-state index in [1.54, 1.807) is 42.5 Å². The molecule has 1 aliphatic rings. The van der Waals surface area contributed by atoms with E-state index >= 15 is 0 Å². The molecular formula is C23H25ClN4O4S. The van der Waals surface area contributed by atoms with Crippen molar-refractivity contribution < 1.29 is 17.7 Å². The molecule has 0 saturated carbocycles. The second kappa shape index (κ2) is 9.62. The maximum atomic E-state index is 13.2. The second-order valence-corrected chi connectivity index (χ2v) is 10.4. The molecule has 1 fully saturated rings. The normalized spacial score (nSPS) is 15.5. The van der Waals surface area contributed by atoms with Gasteiger partial charge in [-0.3, -0.25) is 4.79 Å². The number of nitrogens with zero attached hydrogens (tertiary/aromatic N) is 3. The standard InChI is InChI=1S/C23H25ClN4O4S/c1-3-21-26-22(27-32-21)17-5-4-6-19(14-17)33(30,31)28-11-9-16(10-12-28)23(29)25-20-8-7-18(24)13-15(20)2/h4-8,13-14,16H,3,9-12H2,1-2H3,(H,25,29). The lowest BCUT2D eigenvalue weighted by atomic mass is 9.97. The van der Waals surface area contributed by atoms with E-state index in [4.69, 9.17) is 16.1 Å². The minimum Gasteiger partial charge on any atom is -0.339 e. The first-order valence-corrected chi connectivity index (χ1v) is 12.6. The van der Waals surface area contributed by atoms with Gasteiger partial charge in [0.05, 0.1) is 4.90 Å². The van der Waals surface area contributed by atoms with E-state index in [1.165, 1.54) is 4.31 Å². The fourth-order valence-corrected chi connectivity index (χ4v) is 5.56. The molecule has 3 aromatic rings. The van der Waals surface area contributed by atoms with Crippen molar-refractivity contribution in [1.82, 2.24) is 14.4 Å². The first-order chi connectivity index (χ1) is 15.8. The van der Waals surface area contributed by atoms with E-state index in [9.17, 15) is 13.2 Å². The summed E-state index contributed by atoms with van der Waals surface area (Å²) >= 11 is 5.98. The number of carbonyl (C=O) groups is 1. The zero-order valence-electron chi connectivity index (χ0n) is 18.4. The molecule has 2 heterocycles. The Hall–Kier alpha value is -2.75. The summed E-state index contributed by atoms with van der Waals surface area (Å²) in [6.07, 6.45) is 1.50. The summed E-state index contributed by atoms with van der Waals surface area (Å²) in [5.74, 6) is 0.483. The first kappa shape index (κ1) is 23.4. The highest BCUT2D eigenvalue weighted by Crippen LogP contribution is 2.28. The predicted octanol–water partition coefficient (Wildman–Crippen LogP) is 4.30. The number of aromatic nitrogens is 2. The van der Waals surface area contributed by atoms with E-state index in [2.05, 4.69) is 15.5 Å². The fraction of sp³-hybridized carbons (Fsp3) is 0.348. The quantitative estimate of drug-likeness (QED) is 0.554. The van der Waals surface area contributed by atoms with Gasteiger partial charge in [-0.05, 0) is 55.7 Å². The molecule has 0 atom stereocenters. The van der Waals surface area contributed by atoms with Gasteiger partial charge in [-0.25, -0.2) is 8.42 Å². The van der Waals surface area contributed by atoms with Crippen molar-refractivity contribution in [2.24, 2.45) is 5.92 Å². The summed E-state index contributed by atoms with van der Waals surface area (Å²) in [6.45, 7) is 4.32. The summed E-state index contributed by atoms with van der Waals surface area (Å²) < 4.78 is 33.0. The van der Waals surface area contributed by atoms with Crippen LogP contribution in [0, 0.1) is 12.8 Å². The van der Waals surface area contributed by atoms with Crippen LogP contribution in [0.1, 0.15) is 31.2 Å². The number of amides is 1. The zero-order valence-corrected chi connectivity index (χ0v) is 20.0. The van der Waals surface area contributed by atoms with Crippen LogP contribution in [0.2, 0.25) is 5.02 Å². The molecule has 33 heavy (non-hydrogen) atoms. The number of anilines is 1. The molecule has 4 rings (SSSR count). The lowest BCUT2D eigenvalue weighted by Crippen LogP contribution is -2.41. The molecule has 1 aliphatic heterocycles. The summed E-state index contributed by atoms with van der Waals surface area (Å²) in [5, 5.41) is 7.47. The Morgan fingerprint density at radius 3 is 2.64 bits per heavy atom. The topological polar surface area (TPSA) is 105 Å². The van der Waals surface area contributed by atoms with Gasteiger partial charge in [-0.2, -0.15) is 9.29 Å². The largest absolute Gasteiger partial charge is 0.339 e. The van der Waals surface area contributed by atoms with Crippen LogP contribution in [0.4, 0.5) is 5.69 Å². The third-order valence-corrected chi connectivity index (χ3v) is 7.90. The molecular weight excluding hydrogens is 464 g/mol. The van der Waals surface area contributed by atoms with E-state index in [1.807, 2.05) is 13.8 Å². The van der Waals surface area contributed by atoms with Crippen molar-refractivity contribution in [1.29, 1.82) is 0 Å². The van der Waals surface area contributed by atoms with Gasteiger partial charge in [0.2, 0.25) is 27.6 Å². The Kier molecular flexibility index (Phi) is 6.83. The molecule has 8 nitrogen and oxygen atoms in total. The molecule has 174 valence electrons. The third kappa shape index (κ3) is 5.10. The van der Waals surface area contributed by atoms with Crippen LogP contribution in [0.3, 0.4) is 0 Å². The van der Waals surface area contributed by atoms with Crippen molar-refractivity contribution in [3.05, 3.63) is 58.9 Å². The smallest absolute Gasteiger partial charge is 0.243 e. The number of halogens is 1. The average molecular weight is 489 g/mol. The van der Waals surface area contributed by atoms with Gasteiger partial charge < -0.3 is 9.84 Å². The number of nitrogens with one attached hydrogen (secondary N) is 1. The SMILES string of the molecule is CCc1nc(-c2cccc(S(=O)(=O)N3CCC(C(=O)Nc4ccc(Cl)cc4C)CC3)c2)no1. The summed E-state index contributed by atoms with van der Waals surface area (Å²) in [7, 11) is -3.71. The number of hydrogen-bond donors (Lipinski definition) is 1. The minimum atomic E-state index is -3.71. The molecule has 0 aliphatic carbocycles. The second-order valence-electron chi connectivity index (χ2n) is 8.02. The van der Waals surface area contributed by atoms with E-state index in [0.717, 1.165) is 5.56 Å². The molecule has 1 amide bonds. The minimum absolute atomic E-state index is 0.108. The predicted molar refractivity (Wildman–Crippen MR) is 125 cm³/mol. The summed E-state index contributed by atoms with van der Waals surface area (Å²) in [6, 6.07) is 11.8. The van der Waals surface area contributed by atoms with Gasteiger partial charge >= 0.3 is 0 Å². The number of piperidine rings is 1. The molecule has 1 aromatic heterocycles. The number of hydrogen-bond acceptors (Lipinski definition) is 6. The van der Waals surface area contributed by atoms with Gasteiger partial charge in [0.1, 0.15) is 0 Å². The Bertz CT molecular complexity index is 1270. The highest BCUT2D eigenvalue weighted by atomic mass is 35.5. The van der Waals surface area contributed by atoms with Crippen molar-refractivity contribution in [2.75, 3.05) is 18.4 Å². The van der Waals surface area contributed by atoms with Crippen LogP contribution in [-0.2, 0) is 21.2 Å². The molecule has 0 unspecified atom stereocenters. The van der Waals surface area contributed by atoms with Crippen molar-refractivity contribution in [2.45, 2.75) is 38.0 Å². The van der Waals surface area contributed by atoms with Crippen LogP contribution >= 0.6 is 11.6 Å². The van der Waals surface area contributed by atoms with Gasteiger partial charge in [0, 0.05) is 41.7 Å². The van der Waals surface area contributed by atoms with E-state index in [-0.39, 0.29) is 29.8 Å². The molecule has 1 saturated heterocycles. The maximum Gasteiger partial charge on any atom is 0.243 e. The molecule has 2 aromatic carbocycles. The number of carbonyl (C=O) groups excluding carboxylic acids is 1. The molecule has 0 bridgehead atoms. The molecule has 0 radical (unpaired) electrons. The fourth-order valence-electron chi connectivity index (χ4n) is 3.82. The number of aryl methyl sites for hydroxylation is 2. The van der Waals surface area contributed by atoms with E-state index < -0.39 is 10.0 Å². The summed E-state index contributed by atoms with van der Waals surface area (Å²) in [4.78, 5) is 17.2. The highest BCUT2D eigenvalue weighted by molar-refractivity contribution is 7.89. The van der Waals surface area contributed by atoms with Gasteiger partial charge in [0.25, 0.3) is 0 Å². The van der Waals surface area contributed by atoms with Gasteiger partial charge in [0.15, 0.2) is 0 Å².